The van der Waals surface area contributed by atoms with Gasteiger partial charge in [-0.1, -0.05) is 30.3 Å². The maximum Gasteiger partial charge on any atom is 0.142 e. The molecule has 0 amide bonds. The molecule has 0 saturated carbocycles. The van der Waals surface area contributed by atoms with Gasteiger partial charge in [-0.2, -0.15) is 0 Å². The number of aryl methyl sites for hydroxylation is 2. The maximum absolute atomic E-state index is 10.0. The molecule has 1 aromatic rings. The van der Waals surface area contributed by atoms with Crippen LogP contribution in [0.2, 0.25) is 0 Å². The summed E-state index contributed by atoms with van der Waals surface area (Å²) in [4.78, 5) is 10.0. The zero-order valence-corrected chi connectivity index (χ0v) is 8.57. The van der Waals surface area contributed by atoms with E-state index in [0.29, 0.717) is 0 Å². The van der Waals surface area contributed by atoms with E-state index >= 15 is 0 Å². The molecular formula is C13H16O. The average molecular weight is 188 g/mol. The third-order valence-electron chi connectivity index (χ3n) is 2.29. The Kier molecular flexibility index (Phi) is 4.70. The van der Waals surface area contributed by atoms with Crippen molar-refractivity contribution in [3.8, 4) is 0 Å². The lowest BCUT2D eigenvalue weighted by atomic mass is 10.0. The Hall–Kier alpha value is -1.37. The van der Waals surface area contributed by atoms with E-state index in [1.165, 1.54) is 11.1 Å². The van der Waals surface area contributed by atoms with Crippen molar-refractivity contribution in [2.45, 2.75) is 26.2 Å². The van der Waals surface area contributed by atoms with Crippen molar-refractivity contribution in [2.24, 2.45) is 0 Å². The first kappa shape index (κ1) is 10.7. The Bertz CT molecular complexity index is 313. The summed E-state index contributed by atoms with van der Waals surface area (Å²) in [6.07, 6.45) is 7.50. The minimum absolute atomic E-state index is 0.827. The summed E-state index contributed by atoms with van der Waals surface area (Å²) >= 11 is 0. The molecule has 1 nitrogen and oxygen atoms in total. The average Bonchev–Trinajstić information content (AvgIpc) is 2.20. The van der Waals surface area contributed by atoms with Crippen molar-refractivity contribution in [1.82, 2.24) is 0 Å². The van der Waals surface area contributed by atoms with Crippen molar-refractivity contribution in [3.05, 3.63) is 47.5 Å². The van der Waals surface area contributed by atoms with Gasteiger partial charge in [0.1, 0.15) is 6.29 Å². The highest BCUT2D eigenvalue weighted by Crippen LogP contribution is 2.10. The Labute approximate surface area is 85.5 Å². The first-order valence-electron chi connectivity index (χ1n) is 4.99. The number of rotatable bonds is 5. The largest absolute Gasteiger partial charge is 0.299 e. The summed E-state index contributed by atoms with van der Waals surface area (Å²) in [6, 6.07) is 8.43. The van der Waals surface area contributed by atoms with E-state index in [1.807, 2.05) is 6.08 Å². The fraction of sp³-hybridized carbons (Fsp3) is 0.308. The van der Waals surface area contributed by atoms with Crippen LogP contribution in [0.4, 0.5) is 0 Å². The summed E-state index contributed by atoms with van der Waals surface area (Å²) in [7, 11) is 0. The van der Waals surface area contributed by atoms with Crippen LogP contribution in [-0.4, -0.2) is 6.29 Å². The maximum atomic E-state index is 10.0. The molecule has 0 aliphatic rings. The predicted molar refractivity (Wildman–Crippen MR) is 59.3 cm³/mol. The van der Waals surface area contributed by atoms with Crippen LogP contribution in [0, 0.1) is 6.92 Å². The molecule has 0 bridgehead atoms. The second-order valence-corrected chi connectivity index (χ2v) is 3.38. The third-order valence-corrected chi connectivity index (χ3v) is 2.29. The molecule has 0 N–H and O–H groups in total. The Morgan fingerprint density at radius 2 is 2.07 bits per heavy atom. The van der Waals surface area contributed by atoms with Crippen LogP contribution >= 0.6 is 0 Å². The fourth-order valence-electron chi connectivity index (χ4n) is 1.45. The molecular weight excluding hydrogens is 172 g/mol. The number of hydrogen-bond donors (Lipinski definition) is 0. The normalized spacial score (nSPS) is 10.6. The van der Waals surface area contributed by atoms with Crippen LogP contribution in [0.25, 0.3) is 0 Å². The molecule has 0 aromatic heterocycles. The van der Waals surface area contributed by atoms with Crippen LogP contribution in [-0.2, 0) is 11.2 Å². The number of hydrogen-bond acceptors (Lipinski definition) is 1. The van der Waals surface area contributed by atoms with Crippen LogP contribution in [0.15, 0.2) is 36.4 Å². The van der Waals surface area contributed by atoms with Gasteiger partial charge in [0.15, 0.2) is 0 Å². The molecule has 0 spiro atoms. The van der Waals surface area contributed by atoms with E-state index in [2.05, 4.69) is 31.2 Å². The Morgan fingerprint density at radius 1 is 1.29 bits per heavy atom. The van der Waals surface area contributed by atoms with Gasteiger partial charge in [-0.25, -0.2) is 0 Å². The van der Waals surface area contributed by atoms with Crippen molar-refractivity contribution < 1.29 is 4.79 Å². The van der Waals surface area contributed by atoms with Crippen LogP contribution < -0.4 is 0 Å². The second-order valence-electron chi connectivity index (χ2n) is 3.38. The van der Waals surface area contributed by atoms with Gasteiger partial charge < -0.3 is 0 Å². The van der Waals surface area contributed by atoms with Gasteiger partial charge in [0.25, 0.3) is 0 Å². The van der Waals surface area contributed by atoms with Crippen molar-refractivity contribution in [1.29, 1.82) is 0 Å². The number of carbonyl (C=O) groups is 1. The molecule has 0 fully saturated rings. The van der Waals surface area contributed by atoms with Crippen LogP contribution in [0.5, 0.6) is 0 Å². The lowest BCUT2D eigenvalue weighted by Crippen LogP contribution is -1.88. The lowest BCUT2D eigenvalue weighted by Gasteiger charge is -2.03. The summed E-state index contributed by atoms with van der Waals surface area (Å²) in [5, 5.41) is 0. The zero-order chi connectivity index (χ0) is 10.2. The quantitative estimate of drug-likeness (QED) is 0.394. The number of allylic oxidation sites excluding steroid dienone is 2. The van der Waals surface area contributed by atoms with E-state index in [0.717, 1.165) is 25.5 Å². The SMILES string of the molecule is Cc1ccccc1CCCC=CC=O. The van der Waals surface area contributed by atoms with Crippen LogP contribution in [0.1, 0.15) is 24.0 Å². The van der Waals surface area contributed by atoms with Crippen LogP contribution in [0.3, 0.4) is 0 Å². The van der Waals surface area contributed by atoms with Gasteiger partial charge in [-0.3, -0.25) is 4.79 Å². The standard InChI is InChI=1S/C13H16O/c1-12-8-5-6-10-13(12)9-4-2-3-7-11-14/h3,5-8,10-11H,2,4,9H2,1H3. The van der Waals surface area contributed by atoms with Gasteiger partial charge in [0, 0.05) is 0 Å². The highest BCUT2D eigenvalue weighted by Gasteiger charge is 1.94. The first-order chi connectivity index (χ1) is 6.84. The molecule has 1 heteroatoms. The van der Waals surface area contributed by atoms with Gasteiger partial charge in [-0.15, -0.1) is 0 Å². The Balaban J connectivity index is 2.35. The van der Waals surface area contributed by atoms with E-state index in [4.69, 9.17) is 0 Å². The smallest absolute Gasteiger partial charge is 0.142 e. The van der Waals surface area contributed by atoms with E-state index in [-0.39, 0.29) is 0 Å². The third kappa shape index (κ3) is 3.56. The molecule has 0 radical (unpaired) electrons. The minimum atomic E-state index is 0.827. The summed E-state index contributed by atoms with van der Waals surface area (Å²) < 4.78 is 0. The lowest BCUT2D eigenvalue weighted by molar-refractivity contribution is -0.104. The monoisotopic (exact) mass is 188 g/mol. The zero-order valence-electron chi connectivity index (χ0n) is 8.57. The number of unbranched alkanes of at least 4 members (excludes halogenated alkanes) is 1. The molecule has 0 saturated heterocycles. The molecule has 0 aliphatic carbocycles. The van der Waals surface area contributed by atoms with E-state index in [1.54, 1.807) is 6.08 Å². The second kappa shape index (κ2) is 6.14. The Morgan fingerprint density at radius 3 is 2.79 bits per heavy atom. The molecule has 0 unspecified atom stereocenters. The van der Waals surface area contributed by atoms with Crippen molar-refractivity contribution in [2.75, 3.05) is 0 Å². The topological polar surface area (TPSA) is 17.1 Å². The molecule has 14 heavy (non-hydrogen) atoms. The summed E-state index contributed by atoms with van der Waals surface area (Å²) in [5.74, 6) is 0. The summed E-state index contributed by atoms with van der Waals surface area (Å²) in [5.41, 5.74) is 2.76. The number of carbonyl (C=O) groups excluding carboxylic acids is 1. The molecule has 1 rings (SSSR count). The van der Waals surface area contributed by atoms with Gasteiger partial charge in [0.05, 0.1) is 0 Å². The molecule has 74 valence electrons. The minimum Gasteiger partial charge on any atom is -0.299 e. The van der Waals surface area contributed by atoms with E-state index < -0.39 is 0 Å². The number of aldehydes is 1. The van der Waals surface area contributed by atoms with Gasteiger partial charge >= 0.3 is 0 Å². The molecule has 1 aromatic carbocycles. The molecule has 0 aliphatic heterocycles. The summed E-state index contributed by atoms with van der Waals surface area (Å²) in [6.45, 7) is 2.14. The van der Waals surface area contributed by atoms with Gasteiger partial charge in [0.2, 0.25) is 0 Å². The highest BCUT2D eigenvalue weighted by atomic mass is 16.1. The van der Waals surface area contributed by atoms with Crippen molar-refractivity contribution in [3.63, 3.8) is 0 Å². The number of benzene rings is 1. The molecule has 0 heterocycles. The van der Waals surface area contributed by atoms with Crippen molar-refractivity contribution >= 4 is 6.29 Å². The molecule has 0 atom stereocenters. The first-order valence-corrected chi connectivity index (χ1v) is 4.99. The predicted octanol–water partition coefficient (Wildman–Crippen LogP) is 3.07. The van der Waals surface area contributed by atoms with Gasteiger partial charge in [-0.05, 0) is 43.4 Å². The fourth-order valence-corrected chi connectivity index (χ4v) is 1.45. The van der Waals surface area contributed by atoms with E-state index in [9.17, 15) is 4.79 Å². The highest BCUT2D eigenvalue weighted by molar-refractivity contribution is 5.64.